The maximum Gasteiger partial charge on any atom is 0.274 e. The fourth-order valence-corrected chi connectivity index (χ4v) is 3.33. The lowest BCUT2D eigenvalue weighted by molar-refractivity contribution is 0.0615. The molecular formula is C20H24N2O4. The fourth-order valence-electron chi connectivity index (χ4n) is 3.33. The molecule has 26 heavy (non-hydrogen) atoms. The van der Waals surface area contributed by atoms with Gasteiger partial charge in [-0.05, 0) is 18.4 Å². The summed E-state index contributed by atoms with van der Waals surface area (Å²) in [6, 6.07) is 11.0. The number of hydrogen-bond donors (Lipinski definition) is 0. The highest BCUT2D eigenvalue weighted by Gasteiger charge is 2.32. The van der Waals surface area contributed by atoms with E-state index >= 15 is 0 Å². The van der Waals surface area contributed by atoms with Crippen LogP contribution in [0.2, 0.25) is 0 Å². The molecule has 1 aliphatic heterocycles. The number of likely N-dealkylation sites (tertiary alicyclic amines) is 1. The highest BCUT2D eigenvalue weighted by Crippen LogP contribution is 2.23. The predicted octanol–water partition coefficient (Wildman–Crippen LogP) is 2.22. The Bertz CT molecular complexity index is 816. The van der Waals surface area contributed by atoms with E-state index in [0.717, 1.165) is 18.4 Å². The van der Waals surface area contributed by atoms with E-state index in [4.69, 9.17) is 9.47 Å². The van der Waals surface area contributed by atoms with Crippen molar-refractivity contribution in [1.29, 1.82) is 0 Å². The number of carbonyl (C=O) groups excluding carboxylic acids is 1. The van der Waals surface area contributed by atoms with E-state index in [1.807, 2.05) is 30.3 Å². The number of ether oxygens (including phenoxy) is 2. The van der Waals surface area contributed by atoms with Gasteiger partial charge in [-0.15, -0.1) is 0 Å². The van der Waals surface area contributed by atoms with Crippen LogP contribution in [0, 0.1) is 0 Å². The Balaban J connectivity index is 1.89. The van der Waals surface area contributed by atoms with Crippen LogP contribution in [-0.4, -0.2) is 41.7 Å². The molecule has 0 N–H and O–H groups in total. The average molecular weight is 356 g/mol. The molecule has 3 rings (SSSR count). The number of methoxy groups -OCH3 is 1. The third-order valence-corrected chi connectivity index (χ3v) is 4.67. The largest absolute Gasteiger partial charge is 0.483 e. The zero-order valence-electron chi connectivity index (χ0n) is 15.2. The Morgan fingerprint density at radius 3 is 2.73 bits per heavy atom. The number of aryl methyl sites for hydroxylation is 1. The summed E-state index contributed by atoms with van der Waals surface area (Å²) in [6.07, 6.45) is 3.44. The van der Waals surface area contributed by atoms with Gasteiger partial charge >= 0.3 is 0 Å². The summed E-state index contributed by atoms with van der Waals surface area (Å²) in [6.45, 7) is 1.39. The van der Waals surface area contributed by atoms with Crippen LogP contribution in [0.5, 0.6) is 5.75 Å². The highest BCUT2D eigenvalue weighted by atomic mass is 16.5. The Morgan fingerprint density at radius 1 is 1.23 bits per heavy atom. The lowest BCUT2D eigenvalue weighted by atomic mass is 10.2. The predicted molar refractivity (Wildman–Crippen MR) is 98.4 cm³/mol. The monoisotopic (exact) mass is 356 g/mol. The van der Waals surface area contributed by atoms with Crippen molar-refractivity contribution in [2.75, 3.05) is 20.3 Å². The van der Waals surface area contributed by atoms with E-state index in [2.05, 4.69) is 0 Å². The summed E-state index contributed by atoms with van der Waals surface area (Å²) in [5.74, 6) is -0.0836. The fraction of sp³-hybridized carbons (Fsp3) is 0.400. The van der Waals surface area contributed by atoms with Crippen molar-refractivity contribution in [3.05, 3.63) is 64.1 Å². The van der Waals surface area contributed by atoms with Crippen LogP contribution < -0.4 is 10.2 Å². The number of pyridine rings is 1. The molecule has 1 saturated heterocycles. The van der Waals surface area contributed by atoms with E-state index < -0.39 is 0 Å². The maximum atomic E-state index is 13.2. The standard InChI is InChI=1S/C20H24N2O4/c1-21-12-10-17(23)19(26-13-15-7-4-3-5-8-15)18(21)20(24)22-11-6-9-16(22)14-25-2/h3-5,7-8,10,12,16H,6,9,11,13-14H2,1-2H3/t16-/m0/s1. The molecule has 1 aliphatic rings. The first-order valence-corrected chi connectivity index (χ1v) is 8.78. The summed E-state index contributed by atoms with van der Waals surface area (Å²) in [7, 11) is 3.39. The van der Waals surface area contributed by atoms with Gasteiger partial charge in [0, 0.05) is 33.0 Å². The van der Waals surface area contributed by atoms with Gasteiger partial charge in [0.2, 0.25) is 5.43 Å². The van der Waals surface area contributed by atoms with E-state index in [0.29, 0.717) is 13.2 Å². The summed E-state index contributed by atoms with van der Waals surface area (Å²) < 4.78 is 12.7. The van der Waals surface area contributed by atoms with Crippen LogP contribution in [0.4, 0.5) is 0 Å². The van der Waals surface area contributed by atoms with Crippen LogP contribution in [0.3, 0.4) is 0 Å². The highest BCUT2D eigenvalue weighted by molar-refractivity contribution is 5.95. The lowest BCUT2D eigenvalue weighted by Gasteiger charge is -2.26. The molecule has 1 aromatic heterocycles. The average Bonchev–Trinajstić information content (AvgIpc) is 3.11. The van der Waals surface area contributed by atoms with Gasteiger partial charge in [-0.3, -0.25) is 9.59 Å². The minimum atomic E-state index is -0.287. The molecule has 0 unspecified atom stereocenters. The normalized spacial score (nSPS) is 16.7. The van der Waals surface area contributed by atoms with Crippen LogP contribution in [0.15, 0.2) is 47.4 Å². The number of benzene rings is 1. The van der Waals surface area contributed by atoms with Crippen LogP contribution >= 0.6 is 0 Å². The summed E-state index contributed by atoms with van der Waals surface area (Å²) in [4.78, 5) is 27.4. The number of amides is 1. The molecule has 0 bridgehead atoms. The summed E-state index contributed by atoms with van der Waals surface area (Å²) in [5.41, 5.74) is 0.941. The lowest BCUT2D eigenvalue weighted by Crippen LogP contribution is -2.40. The molecule has 138 valence electrons. The molecule has 0 aliphatic carbocycles. The van der Waals surface area contributed by atoms with Gasteiger partial charge in [0.05, 0.1) is 12.6 Å². The van der Waals surface area contributed by atoms with Gasteiger partial charge < -0.3 is 18.9 Å². The minimum absolute atomic E-state index is 0.0322. The minimum Gasteiger partial charge on any atom is -0.483 e. The molecule has 1 atom stereocenters. The summed E-state index contributed by atoms with van der Waals surface area (Å²) >= 11 is 0. The Hall–Kier alpha value is -2.60. The second-order valence-electron chi connectivity index (χ2n) is 6.49. The van der Waals surface area contributed by atoms with Gasteiger partial charge in [-0.1, -0.05) is 30.3 Å². The number of rotatable bonds is 6. The van der Waals surface area contributed by atoms with Crippen molar-refractivity contribution in [2.24, 2.45) is 7.05 Å². The van der Waals surface area contributed by atoms with Crippen LogP contribution in [0.1, 0.15) is 28.9 Å². The topological polar surface area (TPSA) is 60.8 Å². The zero-order chi connectivity index (χ0) is 18.5. The van der Waals surface area contributed by atoms with Crippen molar-refractivity contribution in [3.63, 3.8) is 0 Å². The van der Waals surface area contributed by atoms with E-state index in [-0.39, 0.29) is 35.4 Å². The van der Waals surface area contributed by atoms with E-state index in [1.165, 1.54) is 6.07 Å². The molecule has 6 nitrogen and oxygen atoms in total. The third-order valence-electron chi connectivity index (χ3n) is 4.67. The van der Waals surface area contributed by atoms with Gasteiger partial charge in [-0.2, -0.15) is 0 Å². The number of aromatic nitrogens is 1. The number of carbonyl (C=O) groups is 1. The SMILES string of the molecule is COC[C@@H]1CCCN1C(=O)c1c(OCc2ccccc2)c(=O)ccn1C. The van der Waals surface area contributed by atoms with Crippen LogP contribution in [0.25, 0.3) is 0 Å². The summed E-state index contributed by atoms with van der Waals surface area (Å²) in [5, 5.41) is 0. The number of hydrogen-bond acceptors (Lipinski definition) is 4. The van der Waals surface area contributed by atoms with Crippen LogP contribution in [-0.2, 0) is 18.4 Å². The molecule has 0 spiro atoms. The van der Waals surface area contributed by atoms with Gasteiger partial charge in [0.1, 0.15) is 6.61 Å². The molecule has 6 heteroatoms. The van der Waals surface area contributed by atoms with E-state index in [1.54, 1.807) is 29.8 Å². The van der Waals surface area contributed by atoms with Crippen molar-refractivity contribution < 1.29 is 14.3 Å². The van der Waals surface area contributed by atoms with Crippen molar-refractivity contribution >= 4 is 5.91 Å². The second-order valence-corrected chi connectivity index (χ2v) is 6.49. The molecule has 2 aromatic rings. The molecule has 1 amide bonds. The number of nitrogens with zero attached hydrogens (tertiary/aromatic N) is 2. The van der Waals surface area contributed by atoms with Crippen molar-refractivity contribution in [2.45, 2.75) is 25.5 Å². The van der Waals surface area contributed by atoms with Crippen molar-refractivity contribution in [3.8, 4) is 5.75 Å². The van der Waals surface area contributed by atoms with Gasteiger partial charge in [0.15, 0.2) is 11.4 Å². The zero-order valence-corrected chi connectivity index (χ0v) is 15.2. The quantitative estimate of drug-likeness (QED) is 0.796. The molecule has 1 fully saturated rings. The molecule has 0 radical (unpaired) electrons. The van der Waals surface area contributed by atoms with Gasteiger partial charge in [0.25, 0.3) is 5.91 Å². The smallest absolute Gasteiger partial charge is 0.274 e. The Labute approximate surface area is 153 Å². The molecule has 1 aromatic carbocycles. The molecular weight excluding hydrogens is 332 g/mol. The van der Waals surface area contributed by atoms with Gasteiger partial charge in [-0.25, -0.2) is 0 Å². The second kappa shape index (κ2) is 8.19. The first-order chi connectivity index (χ1) is 12.6. The third kappa shape index (κ3) is 3.80. The Morgan fingerprint density at radius 2 is 2.00 bits per heavy atom. The first-order valence-electron chi connectivity index (χ1n) is 8.78. The molecule has 0 saturated carbocycles. The van der Waals surface area contributed by atoms with E-state index in [9.17, 15) is 9.59 Å². The van der Waals surface area contributed by atoms with Crippen molar-refractivity contribution in [1.82, 2.24) is 9.47 Å². The first kappa shape index (κ1) is 18.2. The molecule has 2 heterocycles. The maximum absolute atomic E-state index is 13.2. The Kier molecular flexibility index (Phi) is 5.73.